The minimum atomic E-state index is 0.997. The van der Waals surface area contributed by atoms with Gasteiger partial charge in [0.05, 0.1) is 11.4 Å². The number of halogens is 1. The summed E-state index contributed by atoms with van der Waals surface area (Å²) in [6, 6.07) is 19.8. The van der Waals surface area contributed by atoms with E-state index in [2.05, 4.69) is 109 Å². The fourth-order valence-electron chi connectivity index (χ4n) is 5.83. The molecule has 0 saturated carbocycles. The predicted octanol–water partition coefficient (Wildman–Crippen LogP) is 8.19. The number of nitrogens with one attached hydrogen (secondary N) is 1. The summed E-state index contributed by atoms with van der Waals surface area (Å²) >= 11 is 3.69. The molecule has 34 heavy (non-hydrogen) atoms. The van der Waals surface area contributed by atoms with Gasteiger partial charge in [-0.2, -0.15) is 0 Å². The summed E-state index contributed by atoms with van der Waals surface area (Å²) in [5, 5.41) is 0. The molecular weight excluding hydrogens is 480 g/mol. The van der Waals surface area contributed by atoms with E-state index in [1.165, 1.54) is 67.0 Å². The van der Waals surface area contributed by atoms with Gasteiger partial charge < -0.3 is 4.98 Å². The van der Waals surface area contributed by atoms with Gasteiger partial charge in [0.2, 0.25) is 0 Å². The van der Waals surface area contributed by atoms with Crippen LogP contribution in [-0.2, 0) is 12.8 Å². The Morgan fingerprint density at radius 1 is 0.941 bits per heavy atom. The lowest BCUT2D eigenvalue weighted by molar-refractivity contribution is 1.09. The van der Waals surface area contributed by atoms with E-state index in [0.717, 1.165) is 28.7 Å². The van der Waals surface area contributed by atoms with E-state index in [9.17, 15) is 0 Å². The normalized spacial score (nSPS) is 14.9. The zero-order chi connectivity index (χ0) is 23.6. The molecule has 6 rings (SSSR count). The van der Waals surface area contributed by atoms with E-state index < -0.39 is 0 Å². The van der Waals surface area contributed by atoms with Gasteiger partial charge >= 0.3 is 0 Å². The molecule has 1 aliphatic heterocycles. The molecule has 1 N–H and O–H groups in total. The van der Waals surface area contributed by atoms with Crippen molar-refractivity contribution < 1.29 is 0 Å². The smallest absolute Gasteiger partial charge is 0.0793 e. The third-order valence-electron chi connectivity index (χ3n) is 7.20. The van der Waals surface area contributed by atoms with Gasteiger partial charge in [-0.3, -0.25) is 0 Å². The Bertz CT molecular complexity index is 1520. The molecule has 4 aromatic rings. The summed E-state index contributed by atoms with van der Waals surface area (Å²) in [6.45, 7) is 8.80. The highest BCUT2D eigenvalue weighted by Gasteiger charge is 2.27. The van der Waals surface area contributed by atoms with Gasteiger partial charge in [-0.05, 0) is 73.2 Å². The number of benzene rings is 3. The number of rotatable bonds is 3. The lowest BCUT2D eigenvalue weighted by Gasteiger charge is -2.12. The summed E-state index contributed by atoms with van der Waals surface area (Å²) in [7, 11) is 0. The van der Waals surface area contributed by atoms with E-state index in [1.807, 2.05) is 0 Å². The van der Waals surface area contributed by atoms with Crippen molar-refractivity contribution in [1.29, 1.82) is 0 Å². The number of nitrogens with zero attached hydrogens (tertiary/aromatic N) is 1. The van der Waals surface area contributed by atoms with Crippen molar-refractivity contribution >= 4 is 33.4 Å². The van der Waals surface area contributed by atoms with Crippen LogP contribution in [0.4, 0.5) is 0 Å². The molecule has 1 aromatic heterocycles. The molecule has 2 nitrogen and oxygen atoms in total. The Hall–Kier alpha value is -3.17. The first kappa shape index (κ1) is 21.4. The van der Waals surface area contributed by atoms with Crippen LogP contribution in [0.5, 0.6) is 0 Å². The van der Waals surface area contributed by atoms with E-state index in [-0.39, 0.29) is 0 Å². The van der Waals surface area contributed by atoms with Crippen molar-refractivity contribution in [1.82, 2.24) is 4.98 Å². The minimum Gasteiger partial charge on any atom is -0.354 e. The summed E-state index contributed by atoms with van der Waals surface area (Å²) in [4.78, 5) is 9.02. The largest absolute Gasteiger partial charge is 0.354 e. The predicted molar refractivity (Wildman–Crippen MR) is 147 cm³/mol. The molecule has 0 fully saturated rings. The molecule has 1 aliphatic carbocycles. The fourth-order valence-corrected chi connectivity index (χ4v) is 6.19. The molecule has 0 atom stereocenters. The molecule has 0 bridgehead atoms. The maximum atomic E-state index is 5.25. The molecule has 0 unspecified atom stereocenters. The molecule has 0 spiro atoms. The molecule has 168 valence electrons. The zero-order valence-electron chi connectivity index (χ0n) is 20.0. The highest BCUT2D eigenvalue weighted by molar-refractivity contribution is 9.10. The Morgan fingerprint density at radius 3 is 2.47 bits per heavy atom. The van der Waals surface area contributed by atoms with Crippen LogP contribution in [0.2, 0.25) is 0 Å². The molecule has 2 heterocycles. The topological polar surface area (TPSA) is 28.1 Å². The maximum Gasteiger partial charge on any atom is 0.0793 e. The average molecular weight is 507 g/mol. The van der Waals surface area contributed by atoms with Gasteiger partial charge in [-0.15, -0.1) is 0 Å². The van der Waals surface area contributed by atoms with Gasteiger partial charge in [-0.25, -0.2) is 4.99 Å². The van der Waals surface area contributed by atoms with Crippen LogP contribution in [0.3, 0.4) is 0 Å². The second kappa shape index (κ2) is 7.95. The van der Waals surface area contributed by atoms with Crippen LogP contribution in [0.1, 0.15) is 62.7 Å². The molecule has 2 aliphatic rings. The van der Waals surface area contributed by atoms with Crippen molar-refractivity contribution in [3.8, 4) is 11.3 Å². The third-order valence-corrected chi connectivity index (χ3v) is 7.69. The highest BCUT2D eigenvalue weighted by atomic mass is 79.9. The third kappa shape index (κ3) is 3.25. The molecule has 0 saturated heterocycles. The van der Waals surface area contributed by atoms with E-state index >= 15 is 0 Å². The zero-order valence-corrected chi connectivity index (χ0v) is 21.6. The van der Waals surface area contributed by atoms with Crippen LogP contribution >= 0.6 is 15.9 Å². The average Bonchev–Trinajstić information content (AvgIpc) is 3.43. The lowest BCUT2D eigenvalue weighted by Crippen LogP contribution is -2.06. The first-order valence-corrected chi connectivity index (χ1v) is 12.7. The molecular formula is C31H27BrN2. The number of aromatic nitrogens is 1. The van der Waals surface area contributed by atoms with Crippen LogP contribution in [-0.4, -0.2) is 10.7 Å². The summed E-state index contributed by atoms with van der Waals surface area (Å²) in [5.74, 6) is 0. The number of fused-ring (bicyclic) bond motifs is 4. The van der Waals surface area contributed by atoms with Gasteiger partial charge in [-0.1, -0.05) is 70.9 Å². The second-order valence-corrected chi connectivity index (χ2v) is 10.4. The van der Waals surface area contributed by atoms with E-state index in [4.69, 9.17) is 4.99 Å². The number of hydrogen-bond donors (Lipinski definition) is 1. The lowest BCUT2D eigenvalue weighted by atomic mass is 9.91. The number of H-pyrrole nitrogens is 1. The molecule has 0 amide bonds. The van der Waals surface area contributed by atoms with Gasteiger partial charge in [0.1, 0.15) is 0 Å². The van der Waals surface area contributed by atoms with Crippen molar-refractivity contribution in [3.63, 3.8) is 0 Å². The number of aliphatic imine (C=N–C) groups is 1. The summed E-state index contributed by atoms with van der Waals surface area (Å²) in [5.41, 5.74) is 17.6. The van der Waals surface area contributed by atoms with Gasteiger partial charge in [0.25, 0.3) is 0 Å². The molecule has 3 heteroatoms. The monoisotopic (exact) mass is 506 g/mol. The first-order chi connectivity index (χ1) is 16.4. The quantitative estimate of drug-likeness (QED) is 0.255. The second-order valence-electron chi connectivity index (χ2n) is 9.51. The van der Waals surface area contributed by atoms with Crippen molar-refractivity contribution in [2.45, 2.75) is 40.5 Å². The SMILES string of the molecule is CCc1c(C=C2N=C(c3c(C)cc(C)cc3C)c3ccc(Br)cc32)[nH]c2c1Cc1ccccc1-2. The van der Waals surface area contributed by atoms with Crippen LogP contribution in [0.25, 0.3) is 23.0 Å². The highest BCUT2D eigenvalue weighted by Crippen LogP contribution is 2.42. The van der Waals surface area contributed by atoms with E-state index in [1.54, 1.807) is 0 Å². The van der Waals surface area contributed by atoms with Gasteiger partial charge in [0, 0.05) is 44.5 Å². The standard InChI is InChI=1S/C31H27BrN2/c1-5-22-26-14-20-8-6-7-9-23(20)30(26)33-27(22)16-28-25-15-21(32)10-11-24(25)31(34-28)29-18(3)12-17(2)13-19(29)4/h6-13,15-16,33H,5,14H2,1-4H3. The minimum absolute atomic E-state index is 0.997. The molecule has 3 aromatic carbocycles. The summed E-state index contributed by atoms with van der Waals surface area (Å²) in [6.07, 6.45) is 4.26. The van der Waals surface area contributed by atoms with Crippen molar-refractivity contribution in [2.24, 2.45) is 4.99 Å². The van der Waals surface area contributed by atoms with Crippen molar-refractivity contribution in [2.75, 3.05) is 0 Å². The fraction of sp³-hybridized carbons (Fsp3) is 0.194. The maximum absolute atomic E-state index is 5.25. The number of aromatic amines is 1. The van der Waals surface area contributed by atoms with Gasteiger partial charge in [0.15, 0.2) is 0 Å². The Balaban J connectivity index is 1.54. The molecule has 0 radical (unpaired) electrons. The van der Waals surface area contributed by atoms with Crippen molar-refractivity contribution in [3.05, 3.63) is 115 Å². The number of hydrogen-bond acceptors (Lipinski definition) is 1. The Labute approximate surface area is 209 Å². The number of aryl methyl sites for hydroxylation is 3. The van der Waals surface area contributed by atoms with Crippen LogP contribution < -0.4 is 0 Å². The Morgan fingerprint density at radius 2 is 1.71 bits per heavy atom. The summed E-state index contributed by atoms with van der Waals surface area (Å²) < 4.78 is 1.07. The van der Waals surface area contributed by atoms with Crippen LogP contribution in [0, 0.1) is 20.8 Å². The first-order valence-electron chi connectivity index (χ1n) is 12.0. The van der Waals surface area contributed by atoms with Crippen LogP contribution in [0.15, 0.2) is 64.1 Å². The van der Waals surface area contributed by atoms with E-state index in [0.29, 0.717) is 0 Å². The Kier molecular flexibility index (Phi) is 5.00.